The van der Waals surface area contributed by atoms with Crippen molar-refractivity contribution >= 4 is 7.82 Å². The van der Waals surface area contributed by atoms with Crippen LogP contribution in [-0.2, 0) is 30.8 Å². The van der Waals surface area contributed by atoms with Crippen molar-refractivity contribution in [2.24, 2.45) is 0 Å². The van der Waals surface area contributed by atoms with Gasteiger partial charge in [0.1, 0.15) is 0 Å². The van der Waals surface area contributed by atoms with Crippen LogP contribution in [0.25, 0.3) is 0 Å². The van der Waals surface area contributed by atoms with Crippen LogP contribution >= 0.6 is 7.82 Å². The standard InChI is InChI=1S/2Na.H3O4P.Zr/c;;1-5(2,3)4;/h;;(H3,1,2,3,4);/q2*+1;;/p-2. The van der Waals surface area contributed by atoms with Gasteiger partial charge >= 0.3 is 59.1 Å². The summed E-state index contributed by atoms with van der Waals surface area (Å²) in [5.74, 6) is 0. The fourth-order valence-corrected chi connectivity index (χ4v) is 0. The van der Waals surface area contributed by atoms with Crippen LogP contribution in [0.4, 0.5) is 0 Å². The summed E-state index contributed by atoms with van der Waals surface area (Å²) in [5.41, 5.74) is 0. The van der Waals surface area contributed by atoms with E-state index in [0.717, 1.165) is 0 Å². The summed E-state index contributed by atoms with van der Waals surface area (Å²) in [6, 6.07) is 0. The van der Waals surface area contributed by atoms with Gasteiger partial charge in [-0.05, 0) is 0 Å². The SMILES string of the molecule is O=P([O-])([O-])O.[Na+].[Na+].[Zr]. The van der Waals surface area contributed by atoms with E-state index in [2.05, 4.69) is 0 Å². The molecule has 8 heavy (non-hydrogen) atoms. The monoisotopic (exact) mass is 232 g/mol. The second kappa shape index (κ2) is 9.99. The number of hydrogen-bond acceptors (Lipinski definition) is 3. The van der Waals surface area contributed by atoms with Crippen LogP contribution < -0.4 is 68.9 Å². The van der Waals surface area contributed by atoms with Crippen molar-refractivity contribution in [1.29, 1.82) is 0 Å². The van der Waals surface area contributed by atoms with Crippen LogP contribution in [0.2, 0.25) is 0 Å². The van der Waals surface area contributed by atoms with Crippen LogP contribution in [0.15, 0.2) is 0 Å². The molecule has 0 spiro atoms. The summed E-state index contributed by atoms with van der Waals surface area (Å²) in [4.78, 5) is 24.3. The van der Waals surface area contributed by atoms with Gasteiger partial charge in [0.15, 0.2) is 0 Å². The Labute approximate surface area is 110 Å². The average Bonchev–Trinajstić information content (AvgIpc) is 0.722. The number of phosphoric acid groups is 1. The minimum Gasteiger partial charge on any atom is -0.790 e. The van der Waals surface area contributed by atoms with Crippen LogP contribution in [0.5, 0.6) is 0 Å². The zero-order valence-corrected chi connectivity index (χ0v) is 12.0. The molecule has 0 rings (SSSR count). The Morgan fingerprint density at radius 2 is 1.25 bits per heavy atom. The van der Waals surface area contributed by atoms with Gasteiger partial charge in [-0.3, -0.25) is 0 Å². The van der Waals surface area contributed by atoms with Gasteiger partial charge in [0, 0.05) is 26.2 Å². The van der Waals surface area contributed by atoms with Gasteiger partial charge < -0.3 is 19.2 Å². The van der Waals surface area contributed by atoms with Gasteiger partial charge in [0.05, 0.1) is 7.82 Å². The summed E-state index contributed by atoms with van der Waals surface area (Å²) in [6.07, 6.45) is 0. The molecule has 0 heterocycles. The minimum atomic E-state index is -5.14. The van der Waals surface area contributed by atoms with Gasteiger partial charge in [0.2, 0.25) is 0 Å². The van der Waals surface area contributed by atoms with E-state index in [9.17, 15) is 0 Å². The largest absolute Gasteiger partial charge is 1.00 e. The first kappa shape index (κ1) is 22.4. The maximum atomic E-state index is 8.66. The minimum absolute atomic E-state index is 0. The Morgan fingerprint density at radius 1 is 1.25 bits per heavy atom. The van der Waals surface area contributed by atoms with Crippen molar-refractivity contribution in [3.63, 3.8) is 0 Å². The second-order valence-corrected chi connectivity index (χ2v) is 1.41. The molecule has 0 aliphatic carbocycles. The molecule has 0 aliphatic rings. The predicted octanol–water partition coefficient (Wildman–Crippen LogP) is -8.19. The first-order chi connectivity index (χ1) is 2.00. The molecular weight excluding hydrogens is 232 g/mol. The molecule has 0 aromatic rings. The Hall–Kier alpha value is 2.99. The van der Waals surface area contributed by atoms with Gasteiger partial charge in [0.25, 0.3) is 0 Å². The van der Waals surface area contributed by atoms with Crippen LogP contribution in [0.1, 0.15) is 0 Å². The summed E-state index contributed by atoms with van der Waals surface area (Å²) in [7, 11) is -5.14. The van der Waals surface area contributed by atoms with E-state index in [1.807, 2.05) is 0 Å². The summed E-state index contributed by atoms with van der Waals surface area (Å²) in [6.45, 7) is 0. The zero-order valence-electron chi connectivity index (χ0n) is 4.62. The Balaban J connectivity index is -0.0000000267. The van der Waals surface area contributed by atoms with E-state index < -0.39 is 7.82 Å². The Kier molecular flexibility index (Phi) is 28.0. The molecule has 0 atom stereocenters. The van der Waals surface area contributed by atoms with E-state index in [1.165, 1.54) is 0 Å². The average molecular weight is 233 g/mol. The molecule has 8 heteroatoms. The molecule has 1 N–H and O–H groups in total. The normalized spacial score (nSPS) is 7.38. The first-order valence-corrected chi connectivity index (χ1v) is 2.24. The van der Waals surface area contributed by atoms with E-state index in [-0.39, 0.29) is 85.3 Å². The van der Waals surface area contributed by atoms with Crippen molar-refractivity contribution in [3.8, 4) is 0 Å². The summed E-state index contributed by atoms with van der Waals surface area (Å²) in [5, 5.41) is 0. The van der Waals surface area contributed by atoms with Gasteiger partial charge in [-0.25, -0.2) is 0 Å². The third kappa shape index (κ3) is 64.1. The fourth-order valence-electron chi connectivity index (χ4n) is 0. The van der Waals surface area contributed by atoms with Crippen molar-refractivity contribution < 1.29 is 105 Å². The van der Waals surface area contributed by atoms with Crippen molar-refractivity contribution in [3.05, 3.63) is 0 Å². The molecule has 0 aromatic heterocycles. The molecular formula is HNa2O4PZr. The van der Waals surface area contributed by atoms with Crippen LogP contribution in [-0.4, -0.2) is 4.89 Å². The van der Waals surface area contributed by atoms with Gasteiger partial charge in [-0.1, -0.05) is 0 Å². The third-order valence-corrected chi connectivity index (χ3v) is 0. The molecule has 0 radical (unpaired) electrons. The molecule has 0 bridgehead atoms. The van der Waals surface area contributed by atoms with Crippen molar-refractivity contribution in [1.82, 2.24) is 0 Å². The second-order valence-electron chi connectivity index (χ2n) is 0.469. The molecule has 36 valence electrons. The van der Waals surface area contributed by atoms with Crippen molar-refractivity contribution in [2.45, 2.75) is 0 Å². The van der Waals surface area contributed by atoms with Gasteiger partial charge in [-0.15, -0.1) is 0 Å². The van der Waals surface area contributed by atoms with Crippen molar-refractivity contribution in [2.75, 3.05) is 0 Å². The molecule has 0 saturated heterocycles. The molecule has 4 nitrogen and oxygen atoms in total. The van der Waals surface area contributed by atoms with E-state index in [4.69, 9.17) is 19.2 Å². The van der Waals surface area contributed by atoms with Crippen LogP contribution in [0.3, 0.4) is 0 Å². The number of hydrogen-bond donors (Lipinski definition) is 1. The summed E-state index contributed by atoms with van der Waals surface area (Å²) >= 11 is 0. The smallest absolute Gasteiger partial charge is 0.790 e. The van der Waals surface area contributed by atoms with Gasteiger partial charge in [-0.2, -0.15) is 0 Å². The Bertz CT molecular complexity index is 60.2. The van der Waals surface area contributed by atoms with E-state index >= 15 is 0 Å². The quantitative estimate of drug-likeness (QED) is 0.333. The van der Waals surface area contributed by atoms with Crippen LogP contribution in [0, 0.1) is 0 Å². The molecule has 0 amide bonds. The maximum Gasteiger partial charge on any atom is 1.00 e. The third-order valence-electron chi connectivity index (χ3n) is 0. The maximum absolute atomic E-state index is 8.66. The predicted molar refractivity (Wildman–Crippen MR) is 9.83 cm³/mol. The summed E-state index contributed by atoms with van der Waals surface area (Å²) < 4.78 is 8.66. The molecule has 0 saturated carbocycles. The molecule has 0 fully saturated rings. The zero-order chi connectivity index (χ0) is 4.50. The first-order valence-electron chi connectivity index (χ1n) is 0.748. The van der Waals surface area contributed by atoms with E-state index in [1.54, 1.807) is 0 Å². The topological polar surface area (TPSA) is 83.4 Å². The molecule has 0 aromatic carbocycles. The Morgan fingerprint density at radius 3 is 1.25 bits per heavy atom. The fraction of sp³-hybridized carbons (Fsp3) is 0. The molecule has 0 unspecified atom stereocenters. The van der Waals surface area contributed by atoms with E-state index in [0.29, 0.717) is 0 Å². The molecule has 0 aliphatic heterocycles. The number of rotatable bonds is 0.